The second-order valence-corrected chi connectivity index (χ2v) is 8.93. The molecule has 1 fully saturated rings. The lowest BCUT2D eigenvalue weighted by Gasteiger charge is -2.34. The van der Waals surface area contributed by atoms with Crippen LogP contribution in [-0.2, 0) is 29.7 Å². The molecule has 1 aromatic carbocycles. The molecule has 0 radical (unpaired) electrons. The quantitative estimate of drug-likeness (QED) is 0.465. The summed E-state index contributed by atoms with van der Waals surface area (Å²) in [6.07, 6.45) is 3.78. The highest BCUT2D eigenvalue weighted by atomic mass is 16.5. The van der Waals surface area contributed by atoms with Crippen molar-refractivity contribution in [3.8, 4) is 11.5 Å². The van der Waals surface area contributed by atoms with Crippen LogP contribution in [0.1, 0.15) is 36.6 Å². The molecule has 1 saturated heterocycles. The summed E-state index contributed by atoms with van der Waals surface area (Å²) in [6, 6.07) is 6.01. The van der Waals surface area contributed by atoms with Crippen molar-refractivity contribution in [2.24, 2.45) is 13.0 Å². The number of rotatable bonds is 9. The van der Waals surface area contributed by atoms with Crippen molar-refractivity contribution in [1.29, 1.82) is 0 Å². The number of benzene rings is 1. The molecule has 2 aromatic heterocycles. The zero-order valence-electron chi connectivity index (χ0n) is 21.3. The summed E-state index contributed by atoms with van der Waals surface area (Å²) in [5.41, 5.74) is 4.06. The molecule has 1 atom stereocenters. The minimum absolute atomic E-state index is 0.129. The van der Waals surface area contributed by atoms with Gasteiger partial charge in [0.1, 0.15) is 5.82 Å². The van der Waals surface area contributed by atoms with Crippen LogP contribution in [0.4, 0.5) is 5.82 Å². The Morgan fingerprint density at radius 2 is 1.89 bits per heavy atom. The number of carbonyl (C=O) groups is 1. The van der Waals surface area contributed by atoms with Gasteiger partial charge in [-0.1, -0.05) is 0 Å². The van der Waals surface area contributed by atoms with E-state index in [1.54, 1.807) is 14.2 Å². The van der Waals surface area contributed by atoms with Crippen molar-refractivity contribution < 1.29 is 19.0 Å². The first-order valence-corrected chi connectivity index (χ1v) is 12.1. The molecule has 0 bridgehead atoms. The van der Waals surface area contributed by atoms with Gasteiger partial charge in [-0.05, 0) is 38.8 Å². The molecular formula is C26H35N5O4. The summed E-state index contributed by atoms with van der Waals surface area (Å²) >= 11 is 0. The number of pyridine rings is 1. The maximum Gasteiger partial charge on any atom is 0.310 e. The smallest absolute Gasteiger partial charge is 0.310 e. The number of hydrogen-bond acceptors (Lipinski definition) is 8. The first kappa shape index (κ1) is 24.8. The molecule has 0 amide bonds. The number of carbonyl (C=O) groups excluding carboxylic acids is 1. The van der Waals surface area contributed by atoms with E-state index in [9.17, 15) is 4.79 Å². The number of aromatic nitrogens is 3. The molecule has 3 heterocycles. The van der Waals surface area contributed by atoms with Crippen molar-refractivity contribution in [1.82, 2.24) is 20.1 Å². The molecule has 0 aliphatic carbocycles. The van der Waals surface area contributed by atoms with Gasteiger partial charge in [0.2, 0.25) is 0 Å². The molecule has 9 heteroatoms. The largest absolute Gasteiger partial charge is 0.493 e. The lowest BCUT2D eigenvalue weighted by molar-refractivity contribution is -0.148. The molecule has 1 N–H and O–H groups in total. The van der Waals surface area contributed by atoms with E-state index in [1.165, 1.54) is 0 Å². The van der Waals surface area contributed by atoms with Gasteiger partial charge in [0, 0.05) is 62.0 Å². The number of ether oxygens (including phenoxy) is 3. The van der Waals surface area contributed by atoms with Crippen molar-refractivity contribution in [3.63, 3.8) is 0 Å². The second-order valence-electron chi connectivity index (χ2n) is 8.93. The van der Waals surface area contributed by atoms with Crippen LogP contribution in [0.2, 0.25) is 0 Å². The fourth-order valence-electron chi connectivity index (χ4n) is 4.71. The summed E-state index contributed by atoms with van der Waals surface area (Å²) in [7, 11) is 5.19. The summed E-state index contributed by atoms with van der Waals surface area (Å²) in [6.45, 7) is 7.03. The zero-order chi connectivity index (χ0) is 24.9. The molecular weight excluding hydrogens is 446 g/mol. The number of methoxy groups -OCH3 is 2. The molecule has 9 nitrogen and oxygen atoms in total. The topological polar surface area (TPSA) is 90.7 Å². The Morgan fingerprint density at radius 3 is 2.57 bits per heavy atom. The molecule has 0 spiro atoms. The molecule has 4 rings (SSSR count). The Kier molecular flexibility index (Phi) is 7.75. The predicted octanol–water partition coefficient (Wildman–Crippen LogP) is 3.36. The highest BCUT2D eigenvalue weighted by Gasteiger charge is 2.29. The molecule has 35 heavy (non-hydrogen) atoms. The van der Waals surface area contributed by atoms with Crippen molar-refractivity contribution in [3.05, 3.63) is 41.2 Å². The third kappa shape index (κ3) is 5.51. The second kappa shape index (κ2) is 10.9. The first-order valence-electron chi connectivity index (χ1n) is 12.1. The maximum absolute atomic E-state index is 12.5. The summed E-state index contributed by atoms with van der Waals surface area (Å²) < 4.78 is 18.2. The molecule has 1 aliphatic rings. The van der Waals surface area contributed by atoms with Crippen molar-refractivity contribution >= 4 is 22.7 Å². The fourth-order valence-corrected chi connectivity index (χ4v) is 4.71. The van der Waals surface area contributed by atoms with Gasteiger partial charge in [-0.15, -0.1) is 0 Å². The molecule has 1 aliphatic heterocycles. The van der Waals surface area contributed by atoms with Gasteiger partial charge in [0.25, 0.3) is 0 Å². The Balaban J connectivity index is 1.66. The highest BCUT2D eigenvalue weighted by Crippen LogP contribution is 2.35. The van der Waals surface area contributed by atoms with E-state index < -0.39 is 0 Å². The van der Waals surface area contributed by atoms with Gasteiger partial charge < -0.3 is 24.4 Å². The molecule has 0 saturated carbocycles. The fraction of sp³-hybridized carbons (Fsp3) is 0.500. The van der Waals surface area contributed by atoms with Crippen molar-refractivity contribution in [2.75, 3.05) is 38.8 Å². The van der Waals surface area contributed by atoms with E-state index >= 15 is 0 Å². The van der Waals surface area contributed by atoms with Crippen LogP contribution in [0.5, 0.6) is 11.5 Å². The minimum Gasteiger partial charge on any atom is -0.493 e. The van der Waals surface area contributed by atoms with Crippen LogP contribution in [0.25, 0.3) is 10.9 Å². The van der Waals surface area contributed by atoms with E-state index in [2.05, 4.69) is 21.4 Å². The maximum atomic E-state index is 12.5. The van der Waals surface area contributed by atoms with Crippen LogP contribution in [0.15, 0.2) is 24.4 Å². The SMILES string of the molecule is CCOC(=O)C1CCCN(c2nc3cc(OC)c(OC)cc3cc2CNCc2cn(C)nc2C)C1. The lowest BCUT2D eigenvalue weighted by atomic mass is 9.97. The van der Waals surface area contributed by atoms with E-state index in [0.717, 1.165) is 52.9 Å². The molecule has 1 unspecified atom stereocenters. The number of nitrogens with one attached hydrogen (secondary N) is 1. The first-order chi connectivity index (χ1) is 16.9. The Labute approximate surface area is 206 Å². The standard InChI is InChI=1S/C26H35N5O4/c1-6-35-26(32)18-8-7-9-31(16-18)25-20(13-27-14-21-15-30(3)29-17(21)2)10-19-11-23(33-4)24(34-5)12-22(19)28-25/h10-12,15,18,27H,6-9,13-14,16H2,1-5H3. The van der Waals surface area contributed by atoms with Crippen LogP contribution in [0.3, 0.4) is 0 Å². The Morgan fingerprint density at radius 1 is 1.14 bits per heavy atom. The van der Waals surface area contributed by atoms with E-state index in [1.807, 2.05) is 43.9 Å². The Bertz CT molecular complexity index is 1190. The summed E-state index contributed by atoms with van der Waals surface area (Å²) in [5, 5.41) is 8.96. The number of hydrogen-bond donors (Lipinski definition) is 1. The normalized spacial score (nSPS) is 15.9. The molecule has 188 valence electrons. The van der Waals surface area contributed by atoms with Gasteiger partial charge in [0.15, 0.2) is 11.5 Å². The number of esters is 1. The summed E-state index contributed by atoms with van der Waals surface area (Å²) in [4.78, 5) is 19.7. The number of fused-ring (bicyclic) bond motifs is 1. The van der Waals surface area contributed by atoms with Gasteiger partial charge in [-0.3, -0.25) is 9.48 Å². The number of anilines is 1. The number of nitrogens with zero attached hydrogens (tertiary/aromatic N) is 4. The van der Waals surface area contributed by atoms with E-state index in [4.69, 9.17) is 19.2 Å². The predicted molar refractivity (Wildman–Crippen MR) is 135 cm³/mol. The van der Waals surface area contributed by atoms with Gasteiger partial charge in [-0.2, -0.15) is 5.10 Å². The van der Waals surface area contributed by atoms with E-state index in [0.29, 0.717) is 37.7 Å². The number of piperidine rings is 1. The summed E-state index contributed by atoms with van der Waals surface area (Å²) in [5.74, 6) is 1.91. The van der Waals surface area contributed by atoms with Gasteiger partial charge in [0.05, 0.1) is 38.0 Å². The van der Waals surface area contributed by atoms with Crippen LogP contribution in [-0.4, -0.2) is 54.6 Å². The third-order valence-electron chi connectivity index (χ3n) is 6.46. The van der Waals surface area contributed by atoms with Gasteiger partial charge in [-0.25, -0.2) is 4.98 Å². The zero-order valence-corrected chi connectivity index (χ0v) is 21.3. The van der Waals surface area contributed by atoms with Crippen molar-refractivity contribution in [2.45, 2.75) is 39.8 Å². The van der Waals surface area contributed by atoms with Crippen LogP contribution < -0.4 is 19.7 Å². The van der Waals surface area contributed by atoms with Crippen LogP contribution >= 0.6 is 0 Å². The lowest BCUT2D eigenvalue weighted by Crippen LogP contribution is -2.40. The van der Waals surface area contributed by atoms with E-state index in [-0.39, 0.29) is 11.9 Å². The Hall–Kier alpha value is -3.33. The highest BCUT2D eigenvalue weighted by molar-refractivity contribution is 5.85. The molecule has 3 aromatic rings. The average Bonchev–Trinajstić information content (AvgIpc) is 3.19. The third-order valence-corrected chi connectivity index (χ3v) is 6.46. The van der Waals surface area contributed by atoms with Gasteiger partial charge >= 0.3 is 5.97 Å². The van der Waals surface area contributed by atoms with Crippen LogP contribution in [0, 0.1) is 12.8 Å². The monoisotopic (exact) mass is 481 g/mol. The minimum atomic E-state index is -0.148. The number of aryl methyl sites for hydroxylation is 2. The average molecular weight is 482 g/mol.